The molecule has 1 N–H and O–H groups in total. The Hall–Kier alpha value is -1.54. The van der Waals surface area contributed by atoms with Gasteiger partial charge in [-0.1, -0.05) is 12.1 Å². The van der Waals surface area contributed by atoms with Gasteiger partial charge in [0.15, 0.2) is 9.84 Å². The van der Waals surface area contributed by atoms with Crippen LogP contribution in [0.25, 0.3) is 0 Å². The summed E-state index contributed by atoms with van der Waals surface area (Å²) < 4.78 is 22.6. The fourth-order valence-corrected chi connectivity index (χ4v) is 2.29. The van der Waals surface area contributed by atoms with Crippen molar-refractivity contribution in [2.45, 2.75) is 11.3 Å². The van der Waals surface area contributed by atoms with Crippen LogP contribution < -0.4 is 0 Å². The Bertz CT molecular complexity index is 485. The summed E-state index contributed by atoms with van der Waals surface area (Å²) >= 11 is 0. The molecule has 0 radical (unpaired) electrons. The monoisotopic (exact) mass is 211 g/mol. The number of phenols is 1. The zero-order valence-electron chi connectivity index (χ0n) is 7.56. The van der Waals surface area contributed by atoms with E-state index < -0.39 is 9.84 Å². The summed E-state index contributed by atoms with van der Waals surface area (Å²) in [5.74, 6) is -0.305. The summed E-state index contributed by atoms with van der Waals surface area (Å²) in [5, 5.41) is 17.8. The van der Waals surface area contributed by atoms with E-state index in [1.54, 1.807) is 0 Å². The van der Waals surface area contributed by atoms with Gasteiger partial charge in [0, 0.05) is 6.26 Å². The summed E-state index contributed by atoms with van der Waals surface area (Å²) in [4.78, 5) is -0.151. The maximum Gasteiger partial charge on any atom is 0.179 e. The Kier molecular flexibility index (Phi) is 2.77. The van der Waals surface area contributed by atoms with E-state index in [0.717, 1.165) is 6.26 Å². The third-order valence-corrected chi connectivity index (χ3v) is 2.93. The Labute approximate surface area is 82.3 Å². The van der Waals surface area contributed by atoms with Crippen LogP contribution >= 0.6 is 0 Å². The molecule has 74 valence electrons. The summed E-state index contributed by atoms with van der Waals surface area (Å²) in [6, 6.07) is 6.16. The minimum absolute atomic E-state index is 0.0309. The number of hydrogen-bond donors (Lipinski definition) is 1. The lowest BCUT2D eigenvalue weighted by molar-refractivity contribution is 0.457. The Balaban J connectivity index is 3.47. The van der Waals surface area contributed by atoms with E-state index in [4.69, 9.17) is 5.26 Å². The molecule has 0 spiro atoms. The summed E-state index contributed by atoms with van der Waals surface area (Å²) in [6.45, 7) is 0. The number of phenolic OH excluding ortho intramolecular Hbond substituents is 1. The highest BCUT2D eigenvalue weighted by molar-refractivity contribution is 7.90. The van der Waals surface area contributed by atoms with Crippen molar-refractivity contribution in [1.82, 2.24) is 0 Å². The highest BCUT2D eigenvalue weighted by atomic mass is 32.2. The van der Waals surface area contributed by atoms with Gasteiger partial charge in [0.25, 0.3) is 0 Å². The smallest absolute Gasteiger partial charge is 0.179 e. The molecular weight excluding hydrogens is 202 g/mol. The van der Waals surface area contributed by atoms with Crippen LogP contribution in [0.2, 0.25) is 0 Å². The molecular formula is C9H9NO3S. The molecule has 1 aromatic carbocycles. The quantitative estimate of drug-likeness (QED) is 0.787. The van der Waals surface area contributed by atoms with Crippen LogP contribution in [0.5, 0.6) is 5.75 Å². The van der Waals surface area contributed by atoms with Crippen molar-refractivity contribution in [3.05, 3.63) is 23.8 Å². The number of benzene rings is 1. The molecule has 0 aliphatic rings. The highest BCUT2D eigenvalue weighted by Crippen LogP contribution is 2.26. The van der Waals surface area contributed by atoms with Gasteiger partial charge in [0.1, 0.15) is 10.6 Å². The van der Waals surface area contributed by atoms with Crippen molar-refractivity contribution in [2.24, 2.45) is 0 Å². The highest BCUT2D eigenvalue weighted by Gasteiger charge is 2.17. The molecule has 0 unspecified atom stereocenters. The van der Waals surface area contributed by atoms with E-state index in [2.05, 4.69) is 0 Å². The van der Waals surface area contributed by atoms with Gasteiger partial charge in [-0.25, -0.2) is 8.42 Å². The first-order chi connectivity index (χ1) is 6.46. The molecule has 0 amide bonds. The fourth-order valence-electron chi connectivity index (χ4n) is 1.22. The number of nitrogens with zero attached hydrogens (tertiary/aromatic N) is 1. The third kappa shape index (κ3) is 2.03. The normalized spacial score (nSPS) is 10.9. The summed E-state index contributed by atoms with van der Waals surface area (Å²) in [5.41, 5.74) is 0.329. The van der Waals surface area contributed by atoms with E-state index >= 15 is 0 Å². The molecule has 0 aliphatic heterocycles. The van der Waals surface area contributed by atoms with Crippen molar-refractivity contribution >= 4 is 9.84 Å². The van der Waals surface area contributed by atoms with Crippen LogP contribution in [0.1, 0.15) is 5.56 Å². The lowest BCUT2D eigenvalue weighted by atomic mass is 10.1. The predicted octanol–water partition coefficient (Wildman–Crippen LogP) is 0.862. The third-order valence-electron chi connectivity index (χ3n) is 1.72. The second-order valence-corrected chi connectivity index (χ2v) is 4.83. The molecule has 0 saturated carbocycles. The molecule has 1 rings (SSSR count). The Morgan fingerprint density at radius 2 is 2.14 bits per heavy atom. The molecule has 1 aromatic rings. The molecule has 0 aromatic heterocycles. The van der Waals surface area contributed by atoms with Crippen LogP contribution in [-0.2, 0) is 16.3 Å². The van der Waals surface area contributed by atoms with Crippen LogP contribution in [0.4, 0.5) is 0 Å². The first-order valence-electron chi connectivity index (χ1n) is 3.84. The Morgan fingerprint density at radius 3 is 2.64 bits per heavy atom. The molecule has 0 saturated heterocycles. The van der Waals surface area contributed by atoms with Crippen LogP contribution in [0.3, 0.4) is 0 Å². The van der Waals surface area contributed by atoms with Gasteiger partial charge >= 0.3 is 0 Å². The minimum atomic E-state index is -3.49. The van der Waals surface area contributed by atoms with Gasteiger partial charge in [-0.05, 0) is 11.6 Å². The fraction of sp³-hybridized carbons (Fsp3) is 0.222. The van der Waals surface area contributed by atoms with Crippen molar-refractivity contribution in [3.8, 4) is 11.8 Å². The van der Waals surface area contributed by atoms with Crippen molar-refractivity contribution < 1.29 is 13.5 Å². The maximum absolute atomic E-state index is 11.3. The molecule has 0 heterocycles. The first kappa shape index (κ1) is 10.5. The van der Waals surface area contributed by atoms with E-state index in [-0.39, 0.29) is 17.1 Å². The van der Waals surface area contributed by atoms with Crippen LogP contribution in [0.15, 0.2) is 23.1 Å². The van der Waals surface area contributed by atoms with Gasteiger partial charge in [-0.3, -0.25) is 0 Å². The minimum Gasteiger partial charge on any atom is -0.507 e. The van der Waals surface area contributed by atoms with E-state index in [1.807, 2.05) is 6.07 Å². The topological polar surface area (TPSA) is 78.2 Å². The van der Waals surface area contributed by atoms with Crippen molar-refractivity contribution in [1.29, 1.82) is 5.26 Å². The summed E-state index contributed by atoms with van der Waals surface area (Å²) in [6.07, 6.45) is 0.972. The molecule has 5 heteroatoms. The lowest BCUT2D eigenvalue weighted by Crippen LogP contribution is -2.02. The molecule has 0 fully saturated rings. The number of aromatic hydroxyl groups is 1. The summed E-state index contributed by atoms with van der Waals surface area (Å²) in [7, 11) is -3.49. The van der Waals surface area contributed by atoms with Gasteiger partial charge in [0.2, 0.25) is 0 Å². The largest absolute Gasteiger partial charge is 0.507 e. The molecule has 14 heavy (non-hydrogen) atoms. The van der Waals surface area contributed by atoms with Crippen molar-refractivity contribution in [3.63, 3.8) is 0 Å². The Morgan fingerprint density at radius 1 is 1.50 bits per heavy atom. The van der Waals surface area contributed by atoms with Gasteiger partial charge in [-0.15, -0.1) is 0 Å². The second-order valence-electron chi connectivity index (χ2n) is 2.87. The average Bonchev–Trinajstić information content (AvgIpc) is 2.02. The predicted molar refractivity (Wildman–Crippen MR) is 50.5 cm³/mol. The number of rotatable bonds is 2. The van der Waals surface area contributed by atoms with Gasteiger partial charge < -0.3 is 5.11 Å². The van der Waals surface area contributed by atoms with E-state index in [1.165, 1.54) is 18.2 Å². The van der Waals surface area contributed by atoms with Crippen LogP contribution in [-0.4, -0.2) is 19.8 Å². The molecule has 4 nitrogen and oxygen atoms in total. The maximum atomic E-state index is 11.3. The molecule has 0 bridgehead atoms. The zero-order valence-corrected chi connectivity index (χ0v) is 8.37. The van der Waals surface area contributed by atoms with Crippen molar-refractivity contribution in [2.75, 3.05) is 6.26 Å². The number of hydrogen-bond acceptors (Lipinski definition) is 4. The average molecular weight is 211 g/mol. The molecule has 0 atom stereocenters. The molecule has 0 aliphatic carbocycles. The van der Waals surface area contributed by atoms with Gasteiger partial charge in [0.05, 0.1) is 12.5 Å². The van der Waals surface area contributed by atoms with E-state index in [9.17, 15) is 13.5 Å². The number of sulfone groups is 1. The SMILES string of the molecule is CS(=O)(=O)c1c(O)cccc1CC#N. The zero-order chi connectivity index (χ0) is 10.8. The first-order valence-corrected chi connectivity index (χ1v) is 5.74. The lowest BCUT2D eigenvalue weighted by Gasteiger charge is -2.06. The van der Waals surface area contributed by atoms with E-state index in [0.29, 0.717) is 5.56 Å². The van der Waals surface area contributed by atoms with Gasteiger partial charge in [-0.2, -0.15) is 5.26 Å². The standard InChI is InChI=1S/C9H9NO3S/c1-14(12,13)9-7(5-6-10)3-2-4-8(9)11/h2-4,11H,5H2,1H3. The second kappa shape index (κ2) is 3.68. The van der Waals surface area contributed by atoms with Crippen LogP contribution in [0, 0.1) is 11.3 Å². The number of nitriles is 1.